The fourth-order valence-electron chi connectivity index (χ4n) is 4.42. The molecule has 9 nitrogen and oxygen atoms in total. The summed E-state index contributed by atoms with van der Waals surface area (Å²) in [6.45, 7) is 3.44. The molecule has 0 N–H and O–H groups in total. The van der Waals surface area contributed by atoms with Crippen LogP contribution in [0.1, 0.15) is 32.6 Å². The van der Waals surface area contributed by atoms with Gasteiger partial charge < -0.3 is 14.5 Å². The Labute approximate surface area is 195 Å². The predicted octanol–water partition coefficient (Wildman–Crippen LogP) is 1.35. The summed E-state index contributed by atoms with van der Waals surface area (Å²) in [7, 11) is -2.08. The minimum absolute atomic E-state index is 0.0646. The number of ether oxygens (including phenoxy) is 1. The van der Waals surface area contributed by atoms with Crippen molar-refractivity contribution in [1.29, 1.82) is 0 Å². The standard InChI is InChI=1S/C23H33N3O6S/c1-3-32-23(29)18-11-14-25(15-12-18)21(27)17-24(2)22(28)19-8-7-13-26(16-19)33(30,31)20-9-5-4-6-10-20/h4-6,9-10,18-19H,3,7-8,11-17H2,1-2H3. The van der Waals surface area contributed by atoms with Crippen LogP contribution in [0.4, 0.5) is 0 Å². The summed E-state index contributed by atoms with van der Waals surface area (Å²) < 4.78 is 32.3. The molecule has 1 atom stereocenters. The normalized spacial score (nSPS) is 20.3. The predicted molar refractivity (Wildman–Crippen MR) is 121 cm³/mol. The molecule has 1 aromatic carbocycles. The Morgan fingerprint density at radius 1 is 1.03 bits per heavy atom. The smallest absolute Gasteiger partial charge is 0.309 e. The van der Waals surface area contributed by atoms with Crippen LogP contribution in [0, 0.1) is 11.8 Å². The van der Waals surface area contributed by atoms with Gasteiger partial charge in [0.2, 0.25) is 21.8 Å². The maximum Gasteiger partial charge on any atom is 0.309 e. The molecule has 2 aliphatic heterocycles. The van der Waals surface area contributed by atoms with E-state index in [4.69, 9.17) is 4.74 Å². The molecular formula is C23H33N3O6S. The van der Waals surface area contributed by atoms with Crippen molar-refractivity contribution >= 4 is 27.8 Å². The molecule has 2 amide bonds. The molecule has 3 rings (SSSR count). The minimum atomic E-state index is -3.66. The van der Waals surface area contributed by atoms with Gasteiger partial charge in [-0.2, -0.15) is 4.31 Å². The number of amides is 2. The van der Waals surface area contributed by atoms with Crippen molar-refractivity contribution in [3.63, 3.8) is 0 Å². The lowest BCUT2D eigenvalue weighted by Gasteiger charge is -2.34. The van der Waals surface area contributed by atoms with Gasteiger partial charge in [0.15, 0.2) is 0 Å². The molecule has 0 bridgehead atoms. The highest BCUT2D eigenvalue weighted by molar-refractivity contribution is 7.89. The van der Waals surface area contributed by atoms with Crippen LogP contribution < -0.4 is 0 Å². The zero-order chi connectivity index (χ0) is 24.0. The Morgan fingerprint density at radius 3 is 2.33 bits per heavy atom. The number of likely N-dealkylation sites (tertiary alicyclic amines) is 1. The SMILES string of the molecule is CCOC(=O)C1CCN(C(=O)CN(C)C(=O)C2CCCN(S(=O)(=O)c3ccccc3)C2)CC1. The molecule has 1 unspecified atom stereocenters. The third-order valence-electron chi connectivity index (χ3n) is 6.33. The highest BCUT2D eigenvalue weighted by Gasteiger charge is 2.35. The van der Waals surface area contributed by atoms with Crippen LogP contribution in [0.3, 0.4) is 0 Å². The van der Waals surface area contributed by atoms with Gasteiger partial charge in [-0.3, -0.25) is 14.4 Å². The molecule has 0 radical (unpaired) electrons. The van der Waals surface area contributed by atoms with E-state index in [1.54, 1.807) is 49.2 Å². The minimum Gasteiger partial charge on any atom is -0.466 e. The first kappa shape index (κ1) is 25.2. The van der Waals surface area contributed by atoms with Gasteiger partial charge in [0.05, 0.1) is 29.9 Å². The van der Waals surface area contributed by atoms with Crippen LogP contribution in [-0.2, 0) is 29.1 Å². The number of nitrogens with zero attached hydrogens (tertiary/aromatic N) is 3. The van der Waals surface area contributed by atoms with Crippen LogP contribution in [0.2, 0.25) is 0 Å². The van der Waals surface area contributed by atoms with Gasteiger partial charge in [-0.15, -0.1) is 0 Å². The summed E-state index contributed by atoms with van der Waals surface area (Å²) in [5.41, 5.74) is 0. The van der Waals surface area contributed by atoms with Gasteiger partial charge in [0.25, 0.3) is 0 Å². The molecule has 0 aromatic heterocycles. The Bertz CT molecular complexity index is 944. The summed E-state index contributed by atoms with van der Waals surface area (Å²) in [5, 5.41) is 0. The van der Waals surface area contributed by atoms with Crippen molar-refractivity contribution in [3.05, 3.63) is 30.3 Å². The number of piperidine rings is 2. The second kappa shape index (κ2) is 11.1. The average Bonchev–Trinajstić information content (AvgIpc) is 2.84. The zero-order valence-electron chi connectivity index (χ0n) is 19.3. The Morgan fingerprint density at radius 2 is 1.70 bits per heavy atom. The first-order valence-electron chi connectivity index (χ1n) is 11.5. The van der Waals surface area contributed by atoms with E-state index >= 15 is 0 Å². The van der Waals surface area contributed by atoms with E-state index in [1.807, 2.05) is 0 Å². The number of sulfonamides is 1. The van der Waals surface area contributed by atoms with Crippen molar-refractivity contribution in [2.24, 2.45) is 11.8 Å². The van der Waals surface area contributed by atoms with Crippen molar-refractivity contribution in [1.82, 2.24) is 14.1 Å². The summed E-state index contributed by atoms with van der Waals surface area (Å²) in [6.07, 6.45) is 2.28. The van der Waals surface area contributed by atoms with Crippen molar-refractivity contribution in [3.8, 4) is 0 Å². The molecule has 2 fully saturated rings. The number of likely N-dealkylation sites (N-methyl/N-ethyl adjacent to an activating group) is 1. The largest absolute Gasteiger partial charge is 0.466 e. The maximum atomic E-state index is 13.0. The maximum absolute atomic E-state index is 13.0. The Hall–Kier alpha value is -2.46. The number of rotatable bonds is 7. The van der Waals surface area contributed by atoms with Gasteiger partial charge in [0, 0.05) is 33.2 Å². The van der Waals surface area contributed by atoms with E-state index in [-0.39, 0.29) is 41.7 Å². The highest BCUT2D eigenvalue weighted by atomic mass is 32.2. The fourth-order valence-corrected chi connectivity index (χ4v) is 5.97. The van der Waals surface area contributed by atoms with Gasteiger partial charge in [0.1, 0.15) is 0 Å². The zero-order valence-corrected chi connectivity index (χ0v) is 20.1. The molecule has 0 saturated carbocycles. The lowest BCUT2D eigenvalue weighted by atomic mass is 9.96. The number of carbonyl (C=O) groups excluding carboxylic acids is 3. The van der Waals surface area contributed by atoms with E-state index in [0.29, 0.717) is 51.9 Å². The average molecular weight is 480 g/mol. The topological polar surface area (TPSA) is 104 Å². The van der Waals surface area contributed by atoms with Crippen LogP contribution in [-0.4, -0.2) is 86.7 Å². The molecular weight excluding hydrogens is 446 g/mol. The molecule has 2 saturated heterocycles. The highest BCUT2D eigenvalue weighted by Crippen LogP contribution is 2.25. The van der Waals surface area contributed by atoms with Crippen LogP contribution in [0.15, 0.2) is 35.2 Å². The van der Waals surface area contributed by atoms with E-state index < -0.39 is 15.9 Å². The van der Waals surface area contributed by atoms with Gasteiger partial charge in [-0.1, -0.05) is 18.2 Å². The van der Waals surface area contributed by atoms with Crippen molar-refractivity contribution < 1.29 is 27.5 Å². The summed E-state index contributed by atoms with van der Waals surface area (Å²) in [5.74, 6) is -1.28. The number of benzene rings is 1. The molecule has 0 aliphatic carbocycles. The van der Waals surface area contributed by atoms with Crippen LogP contribution in [0.5, 0.6) is 0 Å². The van der Waals surface area contributed by atoms with E-state index in [0.717, 1.165) is 0 Å². The molecule has 2 aliphatic rings. The number of hydrogen-bond acceptors (Lipinski definition) is 6. The Balaban J connectivity index is 1.53. The number of carbonyl (C=O) groups is 3. The van der Waals surface area contributed by atoms with Gasteiger partial charge >= 0.3 is 5.97 Å². The summed E-state index contributed by atoms with van der Waals surface area (Å²) in [6, 6.07) is 8.21. The van der Waals surface area contributed by atoms with Crippen LogP contribution >= 0.6 is 0 Å². The van der Waals surface area contributed by atoms with E-state index in [2.05, 4.69) is 0 Å². The molecule has 2 heterocycles. The second-order valence-corrected chi connectivity index (χ2v) is 10.6. The quantitative estimate of drug-likeness (QED) is 0.547. The van der Waals surface area contributed by atoms with E-state index in [9.17, 15) is 22.8 Å². The lowest BCUT2D eigenvalue weighted by Crippen LogP contribution is -2.49. The molecule has 33 heavy (non-hydrogen) atoms. The summed E-state index contributed by atoms with van der Waals surface area (Å²) >= 11 is 0. The first-order chi connectivity index (χ1) is 15.7. The monoisotopic (exact) mass is 479 g/mol. The third kappa shape index (κ3) is 6.11. The molecule has 0 spiro atoms. The van der Waals surface area contributed by atoms with Gasteiger partial charge in [-0.25, -0.2) is 8.42 Å². The molecule has 10 heteroatoms. The fraction of sp³-hybridized carbons (Fsp3) is 0.609. The van der Waals surface area contributed by atoms with Crippen LogP contribution in [0.25, 0.3) is 0 Å². The second-order valence-electron chi connectivity index (χ2n) is 8.62. The third-order valence-corrected chi connectivity index (χ3v) is 8.21. The van der Waals surface area contributed by atoms with E-state index in [1.165, 1.54) is 9.21 Å². The molecule has 182 valence electrons. The first-order valence-corrected chi connectivity index (χ1v) is 12.9. The molecule has 1 aromatic rings. The van der Waals surface area contributed by atoms with Crippen molar-refractivity contribution in [2.75, 3.05) is 46.4 Å². The number of esters is 1. The lowest BCUT2D eigenvalue weighted by molar-refractivity contribution is -0.151. The summed E-state index contributed by atoms with van der Waals surface area (Å²) in [4.78, 5) is 40.9. The van der Waals surface area contributed by atoms with Crippen molar-refractivity contribution in [2.45, 2.75) is 37.5 Å². The number of hydrogen-bond donors (Lipinski definition) is 0. The van der Waals surface area contributed by atoms with Gasteiger partial charge in [-0.05, 0) is 44.7 Å². The Kier molecular flexibility index (Phi) is 8.47.